The number of nitrogens with two attached hydrogens (primary N) is 1. The van der Waals surface area contributed by atoms with Crippen LogP contribution in [-0.2, 0) is 6.54 Å². The summed E-state index contributed by atoms with van der Waals surface area (Å²) in [5.74, 6) is -0.440. The molecule has 15 heavy (non-hydrogen) atoms. The number of nitrogens with zero attached hydrogens (tertiary/aromatic N) is 1. The van der Waals surface area contributed by atoms with Gasteiger partial charge in [-0.1, -0.05) is 0 Å². The molecule has 0 aromatic carbocycles. The molecule has 1 heterocycles. The van der Waals surface area contributed by atoms with Gasteiger partial charge < -0.3 is 10.5 Å². The molecule has 2 N–H and O–H groups in total. The highest BCUT2D eigenvalue weighted by molar-refractivity contribution is 14.1. The van der Waals surface area contributed by atoms with Crippen LogP contribution >= 0.6 is 45.2 Å². The summed E-state index contributed by atoms with van der Waals surface area (Å²) in [6, 6.07) is 1.52. The van der Waals surface area contributed by atoms with Gasteiger partial charge in [-0.15, -0.1) is 13.2 Å². The highest BCUT2D eigenvalue weighted by atomic mass is 127. The van der Waals surface area contributed by atoms with Gasteiger partial charge >= 0.3 is 6.36 Å². The zero-order valence-corrected chi connectivity index (χ0v) is 11.4. The summed E-state index contributed by atoms with van der Waals surface area (Å²) < 4.78 is 40.3. The number of aromatic nitrogens is 1. The van der Waals surface area contributed by atoms with Crippen LogP contribution in [0.15, 0.2) is 6.07 Å². The monoisotopic (exact) mass is 444 g/mol. The maximum absolute atomic E-state index is 11.9. The molecule has 0 bridgehead atoms. The number of hydrogen-bond donors (Lipinski definition) is 1. The van der Waals surface area contributed by atoms with Gasteiger partial charge in [-0.05, 0) is 56.8 Å². The van der Waals surface area contributed by atoms with E-state index in [1.54, 1.807) is 22.6 Å². The third-order valence-electron chi connectivity index (χ3n) is 1.40. The predicted octanol–water partition coefficient (Wildman–Crippen LogP) is 2.65. The molecule has 1 aromatic rings. The standard InChI is InChI=1S/C7H5F3I2N2O/c8-7(9,10)15-6-4(11)1-3(2-13)5(12)14-6/h1H,2,13H2. The van der Waals surface area contributed by atoms with Crippen LogP contribution in [0.1, 0.15) is 5.56 Å². The molecule has 0 aliphatic carbocycles. The van der Waals surface area contributed by atoms with Crippen LogP contribution in [0.2, 0.25) is 0 Å². The molecule has 0 saturated carbocycles. The van der Waals surface area contributed by atoms with Crippen LogP contribution in [0, 0.1) is 7.27 Å². The van der Waals surface area contributed by atoms with E-state index in [1.165, 1.54) is 6.07 Å². The van der Waals surface area contributed by atoms with Crippen molar-refractivity contribution in [2.45, 2.75) is 12.9 Å². The fourth-order valence-corrected chi connectivity index (χ4v) is 2.01. The van der Waals surface area contributed by atoms with Gasteiger partial charge in [-0.25, -0.2) is 4.98 Å². The van der Waals surface area contributed by atoms with Gasteiger partial charge in [-0.3, -0.25) is 0 Å². The second kappa shape index (κ2) is 4.99. The van der Waals surface area contributed by atoms with Crippen molar-refractivity contribution in [1.82, 2.24) is 4.98 Å². The molecule has 0 radical (unpaired) electrons. The maximum Gasteiger partial charge on any atom is 0.574 e. The molecular weight excluding hydrogens is 439 g/mol. The first-order chi connectivity index (χ1) is 6.83. The minimum absolute atomic E-state index is 0.230. The van der Waals surface area contributed by atoms with Crippen LogP contribution < -0.4 is 10.5 Å². The van der Waals surface area contributed by atoms with E-state index in [0.717, 1.165) is 0 Å². The normalized spacial score (nSPS) is 11.6. The molecule has 3 nitrogen and oxygen atoms in total. The smallest absolute Gasteiger partial charge is 0.387 e. The molecule has 84 valence electrons. The number of hydrogen-bond acceptors (Lipinski definition) is 3. The van der Waals surface area contributed by atoms with Gasteiger partial charge in [0.05, 0.1) is 3.57 Å². The average Bonchev–Trinajstić information content (AvgIpc) is 2.08. The Hall–Kier alpha value is 0.160. The molecule has 0 fully saturated rings. The van der Waals surface area contributed by atoms with Crippen molar-refractivity contribution in [3.05, 3.63) is 18.9 Å². The number of rotatable bonds is 2. The Bertz CT molecular complexity index is 370. The lowest BCUT2D eigenvalue weighted by Gasteiger charge is -2.11. The van der Waals surface area contributed by atoms with E-state index in [9.17, 15) is 13.2 Å². The van der Waals surface area contributed by atoms with Crippen LogP contribution in [0.4, 0.5) is 13.2 Å². The first-order valence-corrected chi connectivity index (χ1v) is 5.80. The summed E-state index contributed by atoms with van der Waals surface area (Å²) in [6.45, 7) is 0.230. The number of alkyl halides is 3. The van der Waals surface area contributed by atoms with E-state index >= 15 is 0 Å². The molecule has 8 heteroatoms. The maximum atomic E-state index is 11.9. The zero-order valence-electron chi connectivity index (χ0n) is 7.11. The first kappa shape index (κ1) is 13.2. The van der Waals surface area contributed by atoms with Crippen molar-refractivity contribution in [2.75, 3.05) is 0 Å². The summed E-state index contributed by atoms with van der Waals surface area (Å²) in [5.41, 5.74) is 6.08. The molecule has 0 spiro atoms. The van der Waals surface area contributed by atoms with E-state index in [-0.39, 0.29) is 10.1 Å². The lowest BCUT2D eigenvalue weighted by molar-refractivity contribution is -0.276. The molecular formula is C7H5F3I2N2O. The van der Waals surface area contributed by atoms with Crippen molar-refractivity contribution >= 4 is 45.2 Å². The Balaban J connectivity index is 3.05. The fraction of sp³-hybridized carbons (Fsp3) is 0.286. The number of halogens is 5. The highest BCUT2D eigenvalue weighted by Gasteiger charge is 2.33. The zero-order chi connectivity index (χ0) is 11.6. The molecule has 0 atom stereocenters. The van der Waals surface area contributed by atoms with Gasteiger partial charge in [0.15, 0.2) is 0 Å². The lowest BCUT2D eigenvalue weighted by atomic mass is 10.3. The Kier molecular flexibility index (Phi) is 4.40. The highest BCUT2D eigenvalue weighted by Crippen LogP contribution is 2.27. The summed E-state index contributed by atoms with van der Waals surface area (Å²) >= 11 is 3.53. The molecule has 1 rings (SSSR count). The van der Waals surface area contributed by atoms with Crippen molar-refractivity contribution < 1.29 is 17.9 Å². The summed E-state index contributed by atoms with van der Waals surface area (Å²) in [4.78, 5) is 3.69. The minimum Gasteiger partial charge on any atom is -0.387 e. The molecule has 0 aliphatic rings. The third kappa shape index (κ3) is 3.90. The molecule has 0 saturated heterocycles. The minimum atomic E-state index is -4.72. The van der Waals surface area contributed by atoms with Crippen molar-refractivity contribution in [2.24, 2.45) is 5.73 Å². The topological polar surface area (TPSA) is 48.1 Å². The van der Waals surface area contributed by atoms with Crippen LogP contribution in [-0.4, -0.2) is 11.3 Å². The van der Waals surface area contributed by atoms with Gasteiger partial charge in [0.25, 0.3) is 0 Å². The second-order valence-electron chi connectivity index (χ2n) is 2.48. The SMILES string of the molecule is NCc1cc(I)c(OC(F)(F)F)nc1I. The van der Waals surface area contributed by atoms with Crippen molar-refractivity contribution in [1.29, 1.82) is 0 Å². The Labute approximate surface area is 111 Å². The molecule has 0 amide bonds. The summed E-state index contributed by atoms with van der Waals surface area (Å²) in [5, 5.41) is 0. The Morgan fingerprint density at radius 2 is 2.00 bits per heavy atom. The van der Waals surface area contributed by atoms with Crippen LogP contribution in [0.5, 0.6) is 5.88 Å². The number of pyridine rings is 1. The van der Waals surface area contributed by atoms with E-state index < -0.39 is 12.2 Å². The van der Waals surface area contributed by atoms with Gasteiger partial charge in [0.1, 0.15) is 3.70 Å². The van der Waals surface area contributed by atoms with E-state index in [1.807, 2.05) is 22.6 Å². The summed E-state index contributed by atoms with van der Waals surface area (Å²) in [6.07, 6.45) is -4.72. The van der Waals surface area contributed by atoms with E-state index in [2.05, 4.69) is 9.72 Å². The first-order valence-electron chi connectivity index (χ1n) is 3.64. The third-order valence-corrected chi connectivity index (χ3v) is 3.11. The van der Waals surface area contributed by atoms with E-state index in [0.29, 0.717) is 9.26 Å². The quantitative estimate of drug-likeness (QED) is 0.564. The largest absolute Gasteiger partial charge is 0.574 e. The summed E-state index contributed by atoms with van der Waals surface area (Å²) in [7, 11) is 0. The molecule has 1 aromatic heterocycles. The molecule has 0 aliphatic heterocycles. The average molecular weight is 444 g/mol. The van der Waals surface area contributed by atoms with Crippen LogP contribution in [0.25, 0.3) is 0 Å². The molecule has 0 unspecified atom stereocenters. The Morgan fingerprint density at radius 3 is 2.47 bits per heavy atom. The van der Waals surface area contributed by atoms with Gasteiger partial charge in [-0.2, -0.15) is 0 Å². The Morgan fingerprint density at radius 1 is 1.40 bits per heavy atom. The van der Waals surface area contributed by atoms with Gasteiger partial charge in [0.2, 0.25) is 5.88 Å². The predicted molar refractivity (Wildman–Crippen MR) is 64.2 cm³/mol. The van der Waals surface area contributed by atoms with Crippen LogP contribution in [0.3, 0.4) is 0 Å². The van der Waals surface area contributed by atoms with Gasteiger partial charge in [0, 0.05) is 6.54 Å². The number of ether oxygens (including phenoxy) is 1. The fourth-order valence-electron chi connectivity index (χ4n) is 0.813. The van der Waals surface area contributed by atoms with Crippen molar-refractivity contribution in [3.8, 4) is 5.88 Å². The lowest BCUT2D eigenvalue weighted by Crippen LogP contribution is -2.19. The second-order valence-corrected chi connectivity index (χ2v) is 4.66. The van der Waals surface area contributed by atoms with Crippen molar-refractivity contribution in [3.63, 3.8) is 0 Å². The van der Waals surface area contributed by atoms with E-state index in [4.69, 9.17) is 5.73 Å².